The van der Waals surface area contributed by atoms with E-state index >= 15 is 0 Å². The van der Waals surface area contributed by atoms with E-state index in [1.165, 1.54) is 36.1 Å². The number of aryl methyl sites for hydroxylation is 2. The van der Waals surface area contributed by atoms with Gasteiger partial charge >= 0.3 is 0 Å². The molecule has 2 aromatic rings. The lowest BCUT2D eigenvalue weighted by atomic mass is 9.98. The van der Waals surface area contributed by atoms with Crippen LogP contribution < -0.4 is 0 Å². The molecular formula is C15H15ClO. The van der Waals surface area contributed by atoms with E-state index in [1.54, 1.807) is 0 Å². The summed E-state index contributed by atoms with van der Waals surface area (Å²) in [6, 6.07) is 10.2. The Morgan fingerprint density at radius 2 is 1.82 bits per heavy atom. The molecule has 0 amide bonds. The van der Waals surface area contributed by atoms with Crippen LogP contribution in [0.4, 0.5) is 0 Å². The minimum Gasteiger partial charge on any atom is -0.465 e. The Kier molecular flexibility index (Phi) is 2.94. The van der Waals surface area contributed by atoms with E-state index in [1.807, 2.05) is 12.1 Å². The number of fused-ring (bicyclic) bond motifs is 1. The molecule has 0 fully saturated rings. The first kappa shape index (κ1) is 10.9. The van der Waals surface area contributed by atoms with Gasteiger partial charge in [0.1, 0.15) is 11.5 Å². The lowest BCUT2D eigenvalue weighted by molar-refractivity contribution is 0.450. The van der Waals surface area contributed by atoms with Crippen LogP contribution in [0.5, 0.6) is 0 Å². The third-order valence-electron chi connectivity index (χ3n) is 3.34. The van der Waals surface area contributed by atoms with E-state index < -0.39 is 0 Å². The summed E-state index contributed by atoms with van der Waals surface area (Å²) >= 11 is 5.87. The lowest BCUT2D eigenvalue weighted by Crippen LogP contribution is -1.97. The van der Waals surface area contributed by atoms with Crippen LogP contribution in [0.25, 0.3) is 0 Å². The molecule has 0 bridgehead atoms. The highest BCUT2D eigenvalue weighted by molar-refractivity contribution is 6.30. The normalized spacial score (nSPS) is 14.6. The van der Waals surface area contributed by atoms with Crippen LogP contribution in [0.1, 0.15) is 35.5 Å². The summed E-state index contributed by atoms with van der Waals surface area (Å²) in [7, 11) is 0. The maximum Gasteiger partial charge on any atom is 0.108 e. The predicted molar refractivity (Wildman–Crippen MR) is 69.6 cm³/mol. The van der Waals surface area contributed by atoms with Gasteiger partial charge in [-0.15, -0.1) is 0 Å². The predicted octanol–water partition coefficient (Wildman–Crippen LogP) is 4.40. The minimum absolute atomic E-state index is 0.785. The average Bonchev–Trinajstić information content (AvgIpc) is 2.74. The van der Waals surface area contributed by atoms with Gasteiger partial charge in [-0.25, -0.2) is 0 Å². The maximum atomic E-state index is 5.91. The number of halogens is 1. The van der Waals surface area contributed by atoms with Crippen molar-refractivity contribution >= 4 is 11.6 Å². The molecule has 0 saturated heterocycles. The summed E-state index contributed by atoms with van der Waals surface area (Å²) in [4.78, 5) is 0. The molecule has 1 aliphatic rings. The molecule has 17 heavy (non-hydrogen) atoms. The lowest BCUT2D eigenvalue weighted by Gasteiger charge is -2.07. The smallest absolute Gasteiger partial charge is 0.108 e. The van der Waals surface area contributed by atoms with Crippen molar-refractivity contribution < 1.29 is 4.42 Å². The van der Waals surface area contributed by atoms with E-state index in [-0.39, 0.29) is 0 Å². The summed E-state index contributed by atoms with van der Waals surface area (Å²) < 4.78 is 5.91. The Labute approximate surface area is 106 Å². The van der Waals surface area contributed by atoms with Crippen molar-refractivity contribution in [3.63, 3.8) is 0 Å². The van der Waals surface area contributed by atoms with Crippen LogP contribution in [0, 0.1) is 0 Å². The van der Waals surface area contributed by atoms with Gasteiger partial charge in [0, 0.05) is 17.9 Å². The van der Waals surface area contributed by atoms with Crippen molar-refractivity contribution in [1.82, 2.24) is 0 Å². The summed E-state index contributed by atoms with van der Waals surface area (Å²) in [5.41, 5.74) is 2.67. The maximum absolute atomic E-state index is 5.91. The van der Waals surface area contributed by atoms with Crippen molar-refractivity contribution in [2.75, 3.05) is 0 Å². The van der Waals surface area contributed by atoms with Crippen LogP contribution in [-0.4, -0.2) is 0 Å². The molecule has 0 aliphatic heterocycles. The molecule has 1 nitrogen and oxygen atoms in total. The first-order valence-corrected chi connectivity index (χ1v) is 6.54. The highest BCUT2D eigenvalue weighted by Crippen LogP contribution is 2.26. The Morgan fingerprint density at radius 1 is 1.06 bits per heavy atom. The zero-order valence-corrected chi connectivity index (χ0v) is 10.5. The minimum atomic E-state index is 0.785. The second-order valence-electron chi connectivity index (χ2n) is 4.67. The zero-order chi connectivity index (χ0) is 11.7. The standard InChI is InChI=1S/C15H15ClO/c16-13-7-5-11(6-8-13)9-14-10-12-3-1-2-4-15(12)17-14/h5-8,10H,1-4,9H2. The van der Waals surface area contributed by atoms with Gasteiger partial charge in [-0.2, -0.15) is 0 Å². The van der Waals surface area contributed by atoms with E-state index in [0.29, 0.717) is 0 Å². The quantitative estimate of drug-likeness (QED) is 0.765. The molecule has 2 heteroatoms. The van der Waals surface area contributed by atoms with Gasteiger partial charge in [0.25, 0.3) is 0 Å². The molecule has 88 valence electrons. The first-order chi connectivity index (χ1) is 8.31. The second kappa shape index (κ2) is 4.58. The van der Waals surface area contributed by atoms with Crippen LogP contribution in [0.2, 0.25) is 5.02 Å². The van der Waals surface area contributed by atoms with Crippen LogP contribution in [0.15, 0.2) is 34.7 Å². The molecule has 1 heterocycles. The Morgan fingerprint density at radius 3 is 2.59 bits per heavy atom. The van der Waals surface area contributed by atoms with Gasteiger partial charge in [0.15, 0.2) is 0 Å². The third-order valence-corrected chi connectivity index (χ3v) is 3.59. The van der Waals surface area contributed by atoms with Crippen molar-refractivity contribution in [2.45, 2.75) is 32.1 Å². The SMILES string of the molecule is Clc1ccc(Cc2cc3c(o2)CCCC3)cc1. The fourth-order valence-corrected chi connectivity index (χ4v) is 2.57. The van der Waals surface area contributed by atoms with E-state index in [2.05, 4.69) is 18.2 Å². The molecule has 1 aromatic carbocycles. The van der Waals surface area contributed by atoms with Crippen molar-refractivity contribution in [3.05, 3.63) is 58.0 Å². The number of furan rings is 1. The van der Waals surface area contributed by atoms with E-state index in [9.17, 15) is 0 Å². The van der Waals surface area contributed by atoms with Crippen LogP contribution in [-0.2, 0) is 19.3 Å². The van der Waals surface area contributed by atoms with Crippen LogP contribution >= 0.6 is 11.6 Å². The molecule has 0 atom stereocenters. The Balaban J connectivity index is 1.80. The zero-order valence-electron chi connectivity index (χ0n) is 9.71. The largest absolute Gasteiger partial charge is 0.465 e. The molecule has 3 rings (SSSR count). The van der Waals surface area contributed by atoms with E-state index in [4.69, 9.17) is 16.0 Å². The Bertz CT molecular complexity index is 487. The average molecular weight is 247 g/mol. The molecule has 1 aromatic heterocycles. The molecule has 1 aliphatic carbocycles. The number of rotatable bonds is 2. The second-order valence-corrected chi connectivity index (χ2v) is 5.11. The number of hydrogen-bond donors (Lipinski definition) is 0. The van der Waals surface area contributed by atoms with E-state index in [0.717, 1.165) is 23.6 Å². The fourth-order valence-electron chi connectivity index (χ4n) is 2.44. The molecule has 0 saturated carbocycles. The monoisotopic (exact) mass is 246 g/mol. The summed E-state index contributed by atoms with van der Waals surface area (Å²) in [5.74, 6) is 2.29. The van der Waals surface area contributed by atoms with Gasteiger partial charge in [-0.05, 0) is 48.6 Å². The van der Waals surface area contributed by atoms with Crippen molar-refractivity contribution in [3.8, 4) is 0 Å². The highest BCUT2D eigenvalue weighted by atomic mass is 35.5. The van der Waals surface area contributed by atoms with Crippen molar-refractivity contribution in [2.24, 2.45) is 0 Å². The van der Waals surface area contributed by atoms with Gasteiger partial charge in [-0.3, -0.25) is 0 Å². The first-order valence-electron chi connectivity index (χ1n) is 6.16. The third kappa shape index (κ3) is 2.39. The number of hydrogen-bond acceptors (Lipinski definition) is 1. The summed E-state index contributed by atoms with van der Waals surface area (Å²) in [6.07, 6.45) is 5.72. The highest BCUT2D eigenvalue weighted by Gasteiger charge is 2.14. The van der Waals surface area contributed by atoms with Crippen molar-refractivity contribution in [1.29, 1.82) is 0 Å². The molecule has 0 radical (unpaired) electrons. The summed E-state index contributed by atoms with van der Waals surface area (Å²) in [6.45, 7) is 0. The molecule has 0 N–H and O–H groups in total. The van der Waals surface area contributed by atoms with Gasteiger partial charge in [0.2, 0.25) is 0 Å². The molecule has 0 unspecified atom stereocenters. The van der Waals surface area contributed by atoms with Gasteiger partial charge in [-0.1, -0.05) is 23.7 Å². The fraction of sp³-hybridized carbons (Fsp3) is 0.333. The molecule has 0 spiro atoms. The van der Waals surface area contributed by atoms with Gasteiger partial charge < -0.3 is 4.42 Å². The Hall–Kier alpha value is -1.21. The topological polar surface area (TPSA) is 13.1 Å². The van der Waals surface area contributed by atoms with Crippen LogP contribution in [0.3, 0.4) is 0 Å². The summed E-state index contributed by atoms with van der Waals surface area (Å²) in [5, 5.41) is 0.785. The number of benzene rings is 1. The molecular weight excluding hydrogens is 232 g/mol. The van der Waals surface area contributed by atoms with Gasteiger partial charge in [0.05, 0.1) is 0 Å².